The standard InChI is InChI=1S/C9H15P.ClH/c1-4-7-10(8-5-2)9-6-3;/h4-6H,1-3,7-9H2;1H. The molecule has 0 aliphatic heterocycles. The highest BCUT2D eigenvalue weighted by molar-refractivity contribution is 7.58. The van der Waals surface area contributed by atoms with E-state index < -0.39 is 0 Å². The summed E-state index contributed by atoms with van der Waals surface area (Å²) in [6.45, 7) is 11.1. The molecule has 0 saturated carbocycles. The highest BCUT2D eigenvalue weighted by atomic mass is 35.5. The molecule has 0 aromatic heterocycles. The van der Waals surface area contributed by atoms with Gasteiger partial charge in [-0.25, -0.2) is 0 Å². The second-order valence-corrected chi connectivity index (χ2v) is 4.52. The normalized spacial score (nSPS) is 8.45. The van der Waals surface area contributed by atoms with Gasteiger partial charge in [0.25, 0.3) is 0 Å². The Morgan fingerprint density at radius 1 is 0.818 bits per heavy atom. The Morgan fingerprint density at radius 2 is 1.09 bits per heavy atom. The lowest BCUT2D eigenvalue weighted by Crippen LogP contribution is -1.87. The second kappa shape index (κ2) is 9.94. The van der Waals surface area contributed by atoms with Crippen LogP contribution in [0.3, 0.4) is 0 Å². The molecule has 0 spiro atoms. The molecule has 0 fully saturated rings. The summed E-state index contributed by atoms with van der Waals surface area (Å²) in [5.41, 5.74) is 0. The van der Waals surface area contributed by atoms with Gasteiger partial charge in [-0.05, 0) is 18.5 Å². The molecular formula is C9H16ClP. The fraction of sp³-hybridized carbons (Fsp3) is 0.333. The number of allylic oxidation sites excluding steroid dienone is 3. The van der Waals surface area contributed by atoms with Crippen LogP contribution < -0.4 is 0 Å². The SMILES string of the molecule is C=CCP(CC=C)CC=C.Cl. The molecule has 64 valence electrons. The summed E-state index contributed by atoms with van der Waals surface area (Å²) < 4.78 is 0. The van der Waals surface area contributed by atoms with Gasteiger partial charge in [0.1, 0.15) is 0 Å². The molecule has 0 nitrogen and oxygen atoms in total. The lowest BCUT2D eigenvalue weighted by Gasteiger charge is -2.09. The van der Waals surface area contributed by atoms with Gasteiger partial charge >= 0.3 is 0 Å². The second-order valence-electron chi connectivity index (χ2n) is 2.08. The summed E-state index contributed by atoms with van der Waals surface area (Å²) in [5.74, 6) is 0. The van der Waals surface area contributed by atoms with Gasteiger partial charge in [0, 0.05) is 0 Å². The molecule has 0 saturated heterocycles. The Morgan fingerprint density at radius 3 is 1.27 bits per heavy atom. The van der Waals surface area contributed by atoms with Gasteiger partial charge in [-0.1, -0.05) is 26.1 Å². The molecule has 0 unspecified atom stereocenters. The van der Waals surface area contributed by atoms with Crippen LogP contribution in [0.1, 0.15) is 0 Å². The zero-order valence-corrected chi connectivity index (χ0v) is 8.54. The van der Waals surface area contributed by atoms with Crippen molar-refractivity contribution in [2.24, 2.45) is 0 Å². The van der Waals surface area contributed by atoms with Gasteiger partial charge in [-0.3, -0.25) is 0 Å². The van der Waals surface area contributed by atoms with E-state index in [4.69, 9.17) is 0 Å². The van der Waals surface area contributed by atoms with E-state index in [1.165, 1.54) is 0 Å². The maximum atomic E-state index is 3.71. The van der Waals surface area contributed by atoms with E-state index in [1.54, 1.807) is 0 Å². The van der Waals surface area contributed by atoms with Crippen LogP contribution in [-0.2, 0) is 0 Å². The summed E-state index contributed by atoms with van der Waals surface area (Å²) in [6, 6.07) is 0. The summed E-state index contributed by atoms with van der Waals surface area (Å²) in [6.07, 6.45) is 9.35. The first-order chi connectivity index (χ1) is 4.85. The van der Waals surface area contributed by atoms with E-state index in [-0.39, 0.29) is 20.3 Å². The first-order valence-corrected chi connectivity index (χ1v) is 5.30. The molecule has 0 aliphatic rings. The minimum absolute atomic E-state index is 0. The van der Waals surface area contributed by atoms with Crippen LogP contribution >= 0.6 is 20.3 Å². The monoisotopic (exact) mass is 190 g/mol. The van der Waals surface area contributed by atoms with Crippen molar-refractivity contribution in [3.63, 3.8) is 0 Å². The summed E-state index contributed by atoms with van der Waals surface area (Å²) in [7, 11) is 0.0849. The van der Waals surface area contributed by atoms with Gasteiger partial charge < -0.3 is 0 Å². The lowest BCUT2D eigenvalue weighted by molar-refractivity contribution is 1.59. The first kappa shape index (κ1) is 13.5. The summed E-state index contributed by atoms with van der Waals surface area (Å²) >= 11 is 0. The van der Waals surface area contributed by atoms with Crippen molar-refractivity contribution in [1.29, 1.82) is 0 Å². The highest BCUT2D eigenvalue weighted by Gasteiger charge is 1.98. The van der Waals surface area contributed by atoms with Crippen LogP contribution in [0.2, 0.25) is 0 Å². The Hall–Kier alpha value is -0.0600. The van der Waals surface area contributed by atoms with E-state index in [2.05, 4.69) is 19.7 Å². The van der Waals surface area contributed by atoms with E-state index >= 15 is 0 Å². The summed E-state index contributed by atoms with van der Waals surface area (Å²) in [4.78, 5) is 0. The fourth-order valence-electron chi connectivity index (χ4n) is 0.771. The van der Waals surface area contributed by atoms with E-state index in [1.807, 2.05) is 18.2 Å². The third-order valence-corrected chi connectivity index (χ3v) is 3.49. The van der Waals surface area contributed by atoms with Crippen LogP contribution in [0.4, 0.5) is 0 Å². The number of rotatable bonds is 6. The van der Waals surface area contributed by atoms with Crippen LogP contribution in [0.15, 0.2) is 38.0 Å². The van der Waals surface area contributed by atoms with Crippen LogP contribution in [0, 0.1) is 0 Å². The molecule has 0 amide bonds. The topological polar surface area (TPSA) is 0 Å². The van der Waals surface area contributed by atoms with Crippen LogP contribution in [-0.4, -0.2) is 18.5 Å². The van der Waals surface area contributed by atoms with E-state index in [0.717, 1.165) is 18.5 Å². The van der Waals surface area contributed by atoms with E-state index in [0.29, 0.717) is 0 Å². The molecule has 0 rings (SSSR count). The molecule has 0 aromatic rings. The average molecular weight is 191 g/mol. The van der Waals surface area contributed by atoms with Crippen molar-refractivity contribution in [1.82, 2.24) is 0 Å². The largest absolute Gasteiger partial charge is 0.147 e. The Kier molecular flexibility index (Phi) is 12.2. The molecule has 0 aromatic carbocycles. The quantitative estimate of drug-likeness (QED) is 0.445. The van der Waals surface area contributed by atoms with Crippen molar-refractivity contribution >= 4 is 20.3 Å². The predicted molar refractivity (Wildman–Crippen MR) is 59.4 cm³/mol. The van der Waals surface area contributed by atoms with Crippen molar-refractivity contribution < 1.29 is 0 Å². The van der Waals surface area contributed by atoms with Gasteiger partial charge in [-0.15, -0.1) is 32.1 Å². The number of hydrogen-bond acceptors (Lipinski definition) is 0. The molecule has 0 bridgehead atoms. The zero-order valence-electron chi connectivity index (χ0n) is 6.83. The van der Waals surface area contributed by atoms with Crippen LogP contribution in [0.5, 0.6) is 0 Å². The van der Waals surface area contributed by atoms with Crippen molar-refractivity contribution in [2.45, 2.75) is 0 Å². The lowest BCUT2D eigenvalue weighted by atomic mass is 10.7. The molecule has 0 radical (unpaired) electrons. The van der Waals surface area contributed by atoms with Crippen molar-refractivity contribution in [2.75, 3.05) is 18.5 Å². The minimum atomic E-state index is 0. The molecule has 0 N–H and O–H groups in total. The number of halogens is 1. The Labute approximate surface area is 77.2 Å². The molecule has 0 heterocycles. The van der Waals surface area contributed by atoms with Gasteiger partial charge in [0.2, 0.25) is 0 Å². The first-order valence-electron chi connectivity index (χ1n) is 3.40. The van der Waals surface area contributed by atoms with Crippen molar-refractivity contribution in [3.8, 4) is 0 Å². The van der Waals surface area contributed by atoms with Gasteiger partial charge in [0.05, 0.1) is 0 Å². The van der Waals surface area contributed by atoms with Crippen LogP contribution in [0.25, 0.3) is 0 Å². The maximum absolute atomic E-state index is 3.71. The smallest absolute Gasteiger partial charge is 0.0142 e. The van der Waals surface area contributed by atoms with Gasteiger partial charge in [-0.2, -0.15) is 0 Å². The average Bonchev–Trinajstić information content (AvgIpc) is 1.90. The van der Waals surface area contributed by atoms with Crippen molar-refractivity contribution in [3.05, 3.63) is 38.0 Å². The zero-order chi connectivity index (χ0) is 7.82. The molecule has 11 heavy (non-hydrogen) atoms. The fourth-order valence-corrected chi connectivity index (χ4v) is 2.31. The molecule has 0 aliphatic carbocycles. The minimum Gasteiger partial charge on any atom is -0.147 e. The third-order valence-electron chi connectivity index (χ3n) is 1.16. The Bertz CT molecular complexity index is 97.0. The highest BCUT2D eigenvalue weighted by Crippen LogP contribution is 2.34. The summed E-state index contributed by atoms with van der Waals surface area (Å²) in [5, 5.41) is 0. The molecular weight excluding hydrogens is 175 g/mol. The predicted octanol–water partition coefficient (Wildman–Crippen LogP) is 3.45. The Balaban J connectivity index is 0. The third kappa shape index (κ3) is 7.84. The number of hydrogen-bond donors (Lipinski definition) is 0. The maximum Gasteiger partial charge on any atom is -0.0142 e. The molecule has 2 heteroatoms. The van der Waals surface area contributed by atoms with E-state index in [9.17, 15) is 0 Å². The molecule has 0 atom stereocenters. The van der Waals surface area contributed by atoms with Gasteiger partial charge in [0.15, 0.2) is 0 Å².